The molecule has 11 rings (SSSR count). The van der Waals surface area contributed by atoms with E-state index in [-0.39, 0.29) is 82.3 Å². The Morgan fingerprint density at radius 2 is 1.01 bits per heavy atom. The van der Waals surface area contributed by atoms with Crippen LogP contribution in [0.5, 0.6) is 5.75 Å². The highest BCUT2D eigenvalue weighted by Crippen LogP contribution is 2.29. The van der Waals surface area contributed by atoms with E-state index >= 15 is 38.4 Å². The zero-order valence-electron chi connectivity index (χ0n) is 75.2. The minimum absolute atomic E-state index is 0.00566. The summed E-state index contributed by atoms with van der Waals surface area (Å²) in [4.78, 5) is 281. The molecule has 17 amide bonds. The standard InChI is InChI=1S/C91H119N21O22S/c1-50-78(121)107-68(79(122)97-44-75(93)117)47-135-48-76(118)100-64(35-51-27-29-55(114)30-28-51)89(132)110-33-17-16-24-70(110)85(128)105-66(40-77(119)120)90(133)111-34-18-26-71(111)84(127)103-63(38-54-43-94-49-98-54)81(124)101-61(31-32-74(92)116)88(131)112-45-56(115)39-73(112)86(129)102-62(36-52-41-95-59-21-14-12-19-57(52)59)80(123)106-67(46-113)82(125)104-65(37-53-42-96-60-22-15-13-20-58(53)60)87(130)109(3)72-25-11-9-7-5-4-6-8-10-23-69(83(126)99-50)108(2)91(72)134/h4-5,12-15,19-22,27-30,41-43,49-50,56,61-73,95-96,113-115H,6-11,16-18,23-26,31-40,44-48H2,1-3H3,(H2,92,116)(H2,93,117)(H,94,98)(H,97,122)(H,99,126)(H,100,118)(H,101,124)(H,102,129)(H,103,127)(H,104,125)(H,105,128)(H,106,123)(H,107,121)(H,119,120)/b5-4-/t50-,56+,61-,62-,63-,64?,65-,66-,67-,68-,69-,70-,71-,72-,73-/m0/s1. The number of nitrogens with zero attached hydrogens (tertiary/aromatic N) is 6. The molecule has 8 heterocycles. The van der Waals surface area contributed by atoms with E-state index in [1.165, 1.54) is 67.6 Å². The number of H-pyrrole nitrogens is 3. The van der Waals surface area contributed by atoms with Gasteiger partial charge < -0.3 is 125 Å². The number of nitrogens with two attached hydrogens (primary N) is 2. The summed E-state index contributed by atoms with van der Waals surface area (Å²) in [6, 6.07) is -2.76. The van der Waals surface area contributed by atoms with Crippen molar-refractivity contribution >= 4 is 140 Å². The van der Waals surface area contributed by atoms with Crippen LogP contribution in [0.3, 0.4) is 0 Å². The average molecular weight is 1890 g/mol. The lowest BCUT2D eigenvalue weighted by atomic mass is 9.97. The minimum atomic E-state index is -1.92. The molecule has 1 unspecified atom stereocenters. The van der Waals surface area contributed by atoms with E-state index in [9.17, 15) is 68.4 Å². The first-order chi connectivity index (χ1) is 64.6. The van der Waals surface area contributed by atoms with Crippen LogP contribution >= 0.6 is 11.8 Å². The van der Waals surface area contributed by atoms with Gasteiger partial charge in [-0.15, -0.1) is 11.8 Å². The molecule has 2 bridgehead atoms. The number of phenols is 1. The number of aliphatic carboxylic acids is 1. The van der Waals surface area contributed by atoms with Crippen LogP contribution in [-0.2, 0) is 112 Å². The summed E-state index contributed by atoms with van der Waals surface area (Å²) >= 11 is 0.785. The number of para-hydroxylation sites is 2. The number of allylic oxidation sites excluding steroid dienone is 2. The minimum Gasteiger partial charge on any atom is -0.508 e. The van der Waals surface area contributed by atoms with E-state index in [1.807, 2.05) is 12.2 Å². The average Bonchev–Trinajstić information content (AvgIpc) is 1.60. The number of carboxylic acid groups (broad SMARTS) is 1. The van der Waals surface area contributed by atoms with E-state index in [2.05, 4.69) is 73.1 Å². The number of primary amides is 2. The van der Waals surface area contributed by atoms with Gasteiger partial charge in [0, 0.05) is 124 Å². The van der Waals surface area contributed by atoms with Gasteiger partial charge in [-0.2, -0.15) is 0 Å². The molecule has 135 heavy (non-hydrogen) atoms. The van der Waals surface area contributed by atoms with Crippen LogP contribution in [0.25, 0.3) is 21.8 Å². The molecule has 0 aliphatic carbocycles. The van der Waals surface area contributed by atoms with Crippen molar-refractivity contribution in [1.82, 2.24) is 97.6 Å². The maximum Gasteiger partial charge on any atom is 0.305 e. The Hall–Kier alpha value is -13.8. The van der Waals surface area contributed by atoms with Crippen molar-refractivity contribution in [3.05, 3.63) is 132 Å². The SMILES string of the molecule is C[C@@H]1NC(=O)[C@@H]2CCCC/C=C\CCCC[C@@H](C(=O)N2C)N(C)C(=O)[C@H](Cc2c[nH]c3ccccc23)NC(=O)[C@H](CO)NC(=O)[C@H](Cc2c[nH]c3ccccc23)NC(=O)[C@@H]2C[C@@H](O)CN2C(=O)[C@H](CCC(N)=O)NC(=O)[C@H](Cc2cnc[nH]2)NC(=O)[C@@H]2CCCN2C(=O)[C@H](CC(=O)O)NC(=O)[C@@H]2CCCCN2C(=O)C(Cc2ccc(O)cc2)NC(=O)CSC[C@@H](C(=O)NCC(N)=O)NC1=O. The van der Waals surface area contributed by atoms with Crippen LogP contribution in [0.4, 0.5) is 0 Å². The number of fused-ring (bicyclic) bond motifs is 8. The Morgan fingerprint density at radius 1 is 0.504 bits per heavy atom. The number of carbonyl (C=O) groups excluding carboxylic acids is 17. The summed E-state index contributed by atoms with van der Waals surface area (Å²) in [6.45, 7) is -1.38. The molecule has 5 aliphatic rings. The summed E-state index contributed by atoms with van der Waals surface area (Å²) in [5.41, 5.74) is 13.9. The number of piperidine rings is 1. The highest BCUT2D eigenvalue weighted by Gasteiger charge is 2.47. The number of benzene rings is 3. The molecule has 44 heteroatoms. The number of hydrogen-bond donors (Lipinski definition) is 19. The zero-order valence-corrected chi connectivity index (χ0v) is 76.1. The number of likely N-dealkylation sites (N-methyl/N-ethyl adjacent to an activating group) is 2. The van der Waals surface area contributed by atoms with Gasteiger partial charge in [-0.1, -0.05) is 73.5 Å². The Kier molecular flexibility index (Phi) is 36.4. The highest BCUT2D eigenvalue weighted by molar-refractivity contribution is 8.00. The van der Waals surface area contributed by atoms with E-state index in [0.29, 0.717) is 89.9 Å². The number of aromatic amines is 3. The number of carbonyl (C=O) groups is 18. The number of thioether (sulfide) groups is 1. The van der Waals surface area contributed by atoms with Gasteiger partial charge >= 0.3 is 5.97 Å². The lowest BCUT2D eigenvalue weighted by Gasteiger charge is -2.38. The summed E-state index contributed by atoms with van der Waals surface area (Å²) in [7, 11) is 2.72. The maximum absolute atomic E-state index is 15.8. The van der Waals surface area contributed by atoms with Crippen molar-refractivity contribution in [1.29, 1.82) is 0 Å². The number of imidazole rings is 1. The number of phenolic OH excluding ortho intramolecular Hbond substituents is 1. The van der Waals surface area contributed by atoms with E-state index in [0.717, 1.165) is 26.5 Å². The third kappa shape index (κ3) is 27.5. The summed E-state index contributed by atoms with van der Waals surface area (Å²) < 4.78 is 0. The lowest BCUT2D eigenvalue weighted by Crippen LogP contribution is -2.62. The van der Waals surface area contributed by atoms with Gasteiger partial charge in [0.15, 0.2) is 0 Å². The maximum atomic E-state index is 15.8. The molecule has 0 spiro atoms. The first-order valence-corrected chi connectivity index (χ1v) is 46.4. The molecule has 5 aliphatic heterocycles. The predicted molar refractivity (Wildman–Crippen MR) is 488 cm³/mol. The van der Waals surface area contributed by atoms with Crippen molar-refractivity contribution in [3.8, 4) is 5.75 Å². The number of amides is 17. The number of nitrogens with one attached hydrogen (secondary N) is 13. The fourth-order valence-corrected chi connectivity index (χ4v) is 18.5. The zero-order chi connectivity index (χ0) is 97.3. The number of aromatic nitrogens is 4. The van der Waals surface area contributed by atoms with Gasteiger partial charge in [0.2, 0.25) is 100 Å². The molecule has 0 radical (unpaired) electrons. The van der Waals surface area contributed by atoms with Crippen molar-refractivity contribution in [2.45, 2.75) is 232 Å². The number of aliphatic hydroxyl groups is 2. The van der Waals surface area contributed by atoms with Gasteiger partial charge in [0.05, 0.1) is 37.8 Å². The smallest absolute Gasteiger partial charge is 0.305 e. The molecule has 4 fully saturated rings. The number of hydrogen-bond acceptors (Lipinski definition) is 23. The second kappa shape index (κ2) is 48.2. The van der Waals surface area contributed by atoms with Crippen LogP contribution in [-0.4, -0.2) is 320 Å². The molecule has 0 saturated carbocycles. The highest BCUT2D eigenvalue weighted by atomic mass is 32.2. The van der Waals surface area contributed by atoms with Crippen LogP contribution in [0, 0.1) is 0 Å². The Balaban J connectivity index is 0.944. The van der Waals surface area contributed by atoms with Gasteiger partial charge in [-0.05, 0) is 125 Å². The summed E-state index contributed by atoms with van der Waals surface area (Å²) in [5.74, 6) is -19.0. The van der Waals surface area contributed by atoms with E-state index < -0.39 is 254 Å². The topological polar surface area (TPSA) is 637 Å². The largest absolute Gasteiger partial charge is 0.508 e. The normalized spacial score (nSPS) is 26.4. The Bertz CT molecular complexity index is 5340. The van der Waals surface area contributed by atoms with Crippen molar-refractivity contribution in [3.63, 3.8) is 0 Å². The molecule has 726 valence electrons. The quantitative estimate of drug-likeness (QED) is 0.0419. The van der Waals surface area contributed by atoms with Gasteiger partial charge in [0.1, 0.15) is 90.3 Å². The number of carboxylic acids is 1. The fourth-order valence-electron chi connectivity index (χ4n) is 17.6. The molecular formula is C91H119N21O22S. The number of rotatable bonds is 17. The monoisotopic (exact) mass is 1890 g/mol. The molecule has 15 atom stereocenters. The molecule has 21 N–H and O–H groups in total. The van der Waals surface area contributed by atoms with E-state index in [4.69, 9.17) is 11.5 Å². The number of aliphatic hydroxyl groups excluding tert-OH is 2. The third-order valence-corrected chi connectivity index (χ3v) is 25.9. The Morgan fingerprint density at radius 3 is 1.62 bits per heavy atom. The van der Waals surface area contributed by atoms with Crippen molar-refractivity contribution in [2.24, 2.45) is 11.5 Å². The molecule has 3 aromatic carbocycles. The second-order valence-corrected chi connectivity index (χ2v) is 35.7. The van der Waals surface area contributed by atoms with Crippen molar-refractivity contribution < 1.29 is 107 Å². The molecule has 3 aromatic heterocycles. The van der Waals surface area contributed by atoms with Gasteiger partial charge in [-0.3, -0.25) is 86.3 Å². The summed E-state index contributed by atoms with van der Waals surface area (Å²) in [6.07, 6.45) is 8.12. The Labute approximate surface area is 780 Å². The van der Waals surface area contributed by atoms with Gasteiger partial charge in [0.25, 0.3) is 0 Å². The summed E-state index contributed by atoms with van der Waals surface area (Å²) in [5, 5.41) is 70.6. The fraction of sp³-hybridized carbons (Fsp3) is 0.505. The second-order valence-electron chi connectivity index (χ2n) is 34.6. The van der Waals surface area contributed by atoms with Crippen LogP contribution in [0.1, 0.15) is 138 Å². The molecule has 43 nitrogen and oxygen atoms in total. The first kappa shape index (κ1) is 102. The lowest BCUT2D eigenvalue weighted by molar-refractivity contribution is -0.149. The predicted octanol–water partition coefficient (Wildman–Crippen LogP) is -2.51. The van der Waals surface area contributed by atoms with Crippen LogP contribution in [0.2, 0.25) is 0 Å². The van der Waals surface area contributed by atoms with Crippen molar-refractivity contribution in [2.75, 3.05) is 58.4 Å². The van der Waals surface area contributed by atoms with Crippen LogP contribution < -0.4 is 64.6 Å². The molecule has 4 saturated heterocycles. The van der Waals surface area contributed by atoms with Gasteiger partial charge in [-0.25, -0.2) is 4.98 Å². The first-order valence-electron chi connectivity index (χ1n) is 45.2. The molecular weight excluding hydrogens is 1770 g/mol. The van der Waals surface area contributed by atoms with E-state index in [1.54, 1.807) is 60.9 Å². The van der Waals surface area contributed by atoms with Crippen LogP contribution in [0.15, 0.2) is 110 Å². The number of aromatic hydroxyl groups is 1. The molecule has 6 aromatic rings. The third-order valence-electron chi connectivity index (χ3n) is 24.9.